The monoisotopic (exact) mass is 390 g/mol. The number of aryl methyl sites for hydroxylation is 1. The molecule has 0 spiro atoms. The van der Waals surface area contributed by atoms with Crippen molar-refractivity contribution in [3.63, 3.8) is 0 Å². The summed E-state index contributed by atoms with van der Waals surface area (Å²) in [5.74, 6) is 0.318. The molecule has 0 aromatic heterocycles. The van der Waals surface area contributed by atoms with E-state index < -0.39 is 0 Å². The number of halogens is 1. The van der Waals surface area contributed by atoms with E-state index in [9.17, 15) is 9.18 Å². The number of methoxy groups -OCH3 is 1. The summed E-state index contributed by atoms with van der Waals surface area (Å²) in [5.41, 5.74) is 4.81. The number of urea groups is 1. The van der Waals surface area contributed by atoms with Gasteiger partial charge in [-0.25, -0.2) is 9.18 Å². The Balaban J connectivity index is 1.71. The second-order valence-electron chi connectivity index (χ2n) is 7.23. The summed E-state index contributed by atoms with van der Waals surface area (Å²) in [6.45, 7) is 2.53. The van der Waals surface area contributed by atoms with Crippen LogP contribution in [-0.4, -0.2) is 24.6 Å². The molecule has 0 saturated heterocycles. The molecular formula is C24H23FN2O2. The van der Waals surface area contributed by atoms with E-state index >= 15 is 0 Å². The molecule has 4 nitrogen and oxygen atoms in total. The molecule has 3 aromatic carbocycles. The topological polar surface area (TPSA) is 41.6 Å². The van der Waals surface area contributed by atoms with E-state index in [-0.39, 0.29) is 17.9 Å². The van der Waals surface area contributed by atoms with Crippen molar-refractivity contribution in [2.24, 2.45) is 0 Å². The van der Waals surface area contributed by atoms with E-state index in [4.69, 9.17) is 4.74 Å². The van der Waals surface area contributed by atoms with E-state index in [1.807, 2.05) is 43.3 Å². The van der Waals surface area contributed by atoms with Crippen LogP contribution in [0.15, 0.2) is 66.7 Å². The zero-order chi connectivity index (χ0) is 20.4. The number of rotatable bonds is 3. The van der Waals surface area contributed by atoms with Crippen LogP contribution in [0.3, 0.4) is 0 Å². The predicted molar refractivity (Wildman–Crippen MR) is 112 cm³/mol. The van der Waals surface area contributed by atoms with Crippen molar-refractivity contribution in [2.75, 3.05) is 19.0 Å². The molecule has 2 amide bonds. The van der Waals surface area contributed by atoms with Gasteiger partial charge in [0, 0.05) is 6.54 Å². The van der Waals surface area contributed by atoms with Crippen LogP contribution in [0.5, 0.6) is 5.75 Å². The summed E-state index contributed by atoms with van der Waals surface area (Å²) in [7, 11) is 1.58. The highest BCUT2D eigenvalue weighted by atomic mass is 19.1. The molecule has 0 aliphatic carbocycles. The SMILES string of the molecule is COc1ccc(C)cc1NC(=O)N1CCc2ccccc2[C@H]1c1ccc(F)cc1. The highest BCUT2D eigenvalue weighted by Gasteiger charge is 2.32. The van der Waals surface area contributed by atoms with Gasteiger partial charge in [-0.05, 0) is 59.9 Å². The minimum Gasteiger partial charge on any atom is -0.495 e. The van der Waals surface area contributed by atoms with Crippen LogP contribution in [-0.2, 0) is 6.42 Å². The van der Waals surface area contributed by atoms with Gasteiger partial charge < -0.3 is 15.0 Å². The number of hydrogen-bond donors (Lipinski definition) is 1. The Hall–Kier alpha value is -3.34. The Morgan fingerprint density at radius 1 is 1.10 bits per heavy atom. The lowest BCUT2D eigenvalue weighted by Gasteiger charge is -2.37. The van der Waals surface area contributed by atoms with Crippen LogP contribution in [0.25, 0.3) is 0 Å². The molecular weight excluding hydrogens is 367 g/mol. The molecule has 0 saturated carbocycles. The van der Waals surface area contributed by atoms with Crippen molar-refractivity contribution in [3.8, 4) is 5.75 Å². The van der Waals surface area contributed by atoms with Crippen molar-refractivity contribution in [2.45, 2.75) is 19.4 Å². The zero-order valence-corrected chi connectivity index (χ0v) is 16.5. The summed E-state index contributed by atoms with van der Waals surface area (Å²) in [5, 5.41) is 3.00. The van der Waals surface area contributed by atoms with Crippen LogP contribution in [0.2, 0.25) is 0 Å². The standard InChI is InChI=1S/C24H23FN2O2/c1-16-7-12-22(29-2)21(15-16)26-24(28)27-14-13-17-5-3-4-6-20(17)23(27)18-8-10-19(25)11-9-18/h3-12,15,23H,13-14H2,1-2H3,(H,26,28)/t23-/m1/s1. The third-order valence-corrected chi connectivity index (χ3v) is 5.33. The summed E-state index contributed by atoms with van der Waals surface area (Å²) in [6, 6.07) is 19.6. The lowest BCUT2D eigenvalue weighted by molar-refractivity contribution is 0.194. The van der Waals surface area contributed by atoms with Gasteiger partial charge in [-0.2, -0.15) is 0 Å². The maximum absolute atomic E-state index is 13.5. The molecule has 1 aliphatic rings. The lowest BCUT2D eigenvalue weighted by Crippen LogP contribution is -2.43. The van der Waals surface area contributed by atoms with Crippen LogP contribution >= 0.6 is 0 Å². The first-order valence-electron chi connectivity index (χ1n) is 9.62. The molecule has 29 heavy (non-hydrogen) atoms. The first-order chi connectivity index (χ1) is 14.1. The van der Waals surface area contributed by atoms with Crippen molar-refractivity contribution in [1.82, 2.24) is 4.90 Å². The maximum Gasteiger partial charge on any atom is 0.322 e. The van der Waals surface area contributed by atoms with Gasteiger partial charge in [-0.15, -0.1) is 0 Å². The number of anilines is 1. The number of carbonyl (C=O) groups is 1. The van der Waals surface area contributed by atoms with E-state index in [1.54, 1.807) is 24.1 Å². The first kappa shape index (κ1) is 19.0. The Labute approximate surface area is 169 Å². The number of carbonyl (C=O) groups excluding carboxylic acids is 1. The highest BCUT2D eigenvalue weighted by Crippen LogP contribution is 2.36. The fourth-order valence-electron chi connectivity index (χ4n) is 3.90. The third kappa shape index (κ3) is 3.81. The van der Waals surface area contributed by atoms with Crippen LogP contribution in [0.1, 0.15) is 28.3 Å². The quantitative estimate of drug-likeness (QED) is 0.657. The largest absolute Gasteiger partial charge is 0.495 e. The molecule has 1 N–H and O–H groups in total. The molecule has 3 aromatic rings. The molecule has 148 valence electrons. The van der Waals surface area contributed by atoms with E-state index in [1.165, 1.54) is 17.7 Å². The molecule has 4 rings (SSSR count). The smallest absolute Gasteiger partial charge is 0.322 e. The van der Waals surface area contributed by atoms with Gasteiger partial charge in [0.05, 0.1) is 18.8 Å². The second-order valence-corrected chi connectivity index (χ2v) is 7.23. The fraction of sp³-hybridized carbons (Fsp3) is 0.208. The molecule has 0 radical (unpaired) electrons. The maximum atomic E-state index is 13.5. The summed E-state index contributed by atoms with van der Waals surface area (Å²) < 4.78 is 18.9. The molecule has 0 unspecified atom stereocenters. The third-order valence-electron chi connectivity index (χ3n) is 5.33. The van der Waals surface area contributed by atoms with Crippen molar-refractivity contribution in [3.05, 3.63) is 94.8 Å². The highest BCUT2D eigenvalue weighted by molar-refractivity contribution is 5.92. The van der Waals surface area contributed by atoms with Crippen LogP contribution in [0.4, 0.5) is 14.9 Å². The number of amides is 2. The van der Waals surface area contributed by atoms with Crippen LogP contribution < -0.4 is 10.1 Å². The Morgan fingerprint density at radius 2 is 1.86 bits per heavy atom. The zero-order valence-electron chi connectivity index (χ0n) is 16.5. The second kappa shape index (κ2) is 7.95. The van der Waals surface area contributed by atoms with E-state index in [0.717, 1.165) is 23.1 Å². The van der Waals surface area contributed by atoms with Gasteiger partial charge in [0.15, 0.2) is 0 Å². The lowest BCUT2D eigenvalue weighted by atomic mass is 9.88. The number of nitrogens with zero attached hydrogens (tertiary/aromatic N) is 1. The fourth-order valence-corrected chi connectivity index (χ4v) is 3.90. The number of ether oxygens (including phenoxy) is 1. The van der Waals surface area contributed by atoms with E-state index in [2.05, 4.69) is 11.4 Å². The molecule has 1 heterocycles. The molecule has 1 atom stereocenters. The van der Waals surface area contributed by atoms with Crippen molar-refractivity contribution < 1.29 is 13.9 Å². The number of fused-ring (bicyclic) bond motifs is 1. The minimum absolute atomic E-state index is 0.210. The molecule has 5 heteroatoms. The minimum atomic E-state index is -0.293. The summed E-state index contributed by atoms with van der Waals surface area (Å²) in [4.78, 5) is 15.1. The van der Waals surface area contributed by atoms with Gasteiger partial charge in [-0.3, -0.25) is 0 Å². The van der Waals surface area contributed by atoms with Gasteiger partial charge in [-0.1, -0.05) is 42.5 Å². The number of nitrogens with one attached hydrogen (secondary N) is 1. The molecule has 0 bridgehead atoms. The average Bonchev–Trinajstić information content (AvgIpc) is 2.74. The first-order valence-corrected chi connectivity index (χ1v) is 9.62. The van der Waals surface area contributed by atoms with Crippen molar-refractivity contribution >= 4 is 11.7 Å². The van der Waals surface area contributed by atoms with E-state index in [0.29, 0.717) is 18.0 Å². The van der Waals surface area contributed by atoms with Gasteiger partial charge in [0.2, 0.25) is 0 Å². The van der Waals surface area contributed by atoms with Crippen LogP contribution in [0, 0.1) is 12.7 Å². The molecule has 1 aliphatic heterocycles. The summed E-state index contributed by atoms with van der Waals surface area (Å²) in [6.07, 6.45) is 0.770. The number of benzene rings is 3. The molecule has 0 fully saturated rings. The van der Waals surface area contributed by atoms with Crippen molar-refractivity contribution in [1.29, 1.82) is 0 Å². The Bertz CT molecular complexity index is 1030. The average molecular weight is 390 g/mol. The van der Waals surface area contributed by atoms with Gasteiger partial charge in [0.1, 0.15) is 11.6 Å². The van der Waals surface area contributed by atoms with Gasteiger partial charge >= 0.3 is 6.03 Å². The van der Waals surface area contributed by atoms with Gasteiger partial charge in [0.25, 0.3) is 0 Å². The normalized spacial score (nSPS) is 15.6. The Kier molecular flexibility index (Phi) is 5.21. The Morgan fingerprint density at radius 3 is 2.62 bits per heavy atom. The summed E-state index contributed by atoms with van der Waals surface area (Å²) >= 11 is 0. The number of hydrogen-bond acceptors (Lipinski definition) is 2. The predicted octanol–water partition coefficient (Wildman–Crippen LogP) is 5.32.